The Balaban J connectivity index is 1.04. The molecule has 0 radical (unpaired) electrons. The van der Waals surface area contributed by atoms with Crippen molar-refractivity contribution in [3.8, 4) is 0 Å². The molecule has 4 fully saturated rings. The first-order valence-electron chi connectivity index (χ1n) is 15.2. The summed E-state index contributed by atoms with van der Waals surface area (Å²) in [5.74, 6) is 4.77. The Hall–Kier alpha value is -4.64. The lowest BCUT2D eigenvalue weighted by Crippen LogP contribution is -2.82. The Kier molecular flexibility index (Phi) is 3.88. The van der Waals surface area contributed by atoms with Gasteiger partial charge in [-0.2, -0.15) is 0 Å². The van der Waals surface area contributed by atoms with E-state index in [0.29, 0.717) is 0 Å². The van der Waals surface area contributed by atoms with Crippen molar-refractivity contribution in [1.29, 1.82) is 0 Å². The standard InChI is InChI=1S/C37H27N3O2/c1-3-23(4-2-20(1)36-30-14-21-13-22-15-31(36)37(21,22)30)40(24-5-7-26-28-9-11-38-18-34(28)41-32(26)16-24)25-6-8-27-29-10-12-39-19-35(29)42-33(27)17-25/h1-12,16-19,21-22,30-31,36H,13-15H2. The predicted octanol–water partition coefficient (Wildman–Crippen LogP) is 9.50. The number of furan rings is 2. The minimum atomic E-state index is 0.765. The average Bonchev–Trinajstić information content (AvgIpc) is 3.54. The van der Waals surface area contributed by atoms with Crippen molar-refractivity contribution in [2.75, 3.05) is 4.90 Å². The van der Waals surface area contributed by atoms with Crippen LogP contribution in [0.3, 0.4) is 0 Å². The van der Waals surface area contributed by atoms with Crippen LogP contribution in [-0.4, -0.2) is 9.97 Å². The zero-order valence-electron chi connectivity index (χ0n) is 22.9. The third kappa shape index (κ3) is 2.49. The number of hydrogen-bond acceptors (Lipinski definition) is 5. The fourth-order valence-corrected chi connectivity index (χ4v) is 10.1. The number of fused-ring (bicyclic) bond motifs is 6. The molecule has 7 aromatic rings. The highest BCUT2D eigenvalue weighted by molar-refractivity contribution is 6.07. The van der Waals surface area contributed by atoms with Crippen molar-refractivity contribution < 1.29 is 8.83 Å². The van der Waals surface area contributed by atoms with Crippen molar-refractivity contribution in [3.05, 3.63) is 103 Å². The van der Waals surface area contributed by atoms with Gasteiger partial charge in [0.15, 0.2) is 11.2 Å². The predicted molar refractivity (Wildman–Crippen MR) is 164 cm³/mol. The molecule has 0 N–H and O–H groups in total. The highest BCUT2D eigenvalue weighted by Crippen LogP contribution is 2.91. The van der Waals surface area contributed by atoms with E-state index in [0.717, 1.165) is 95.9 Å². The molecule has 4 heterocycles. The second-order valence-corrected chi connectivity index (χ2v) is 13.1. The molecule has 4 aliphatic carbocycles. The highest BCUT2D eigenvalue weighted by atomic mass is 16.3. The van der Waals surface area contributed by atoms with Crippen LogP contribution in [0.5, 0.6) is 0 Å². The Bertz CT molecular complexity index is 2110. The van der Waals surface area contributed by atoms with E-state index in [1.165, 1.54) is 24.8 Å². The normalized spacial score (nSPS) is 28.5. The van der Waals surface area contributed by atoms with Gasteiger partial charge in [0, 0.05) is 63.1 Å². The molecular weight excluding hydrogens is 518 g/mol. The quantitative estimate of drug-likeness (QED) is 0.220. The first kappa shape index (κ1) is 22.0. The van der Waals surface area contributed by atoms with Crippen LogP contribution in [0.25, 0.3) is 43.9 Å². The lowest BCUT2D eigenvalue weighted by molar-refractivity contribution is -0.390. The number of hydrogen-bond donors (Lipinski definition) is 0. The van der Waals surface area contributed by atoms with Crippen LogP contribution < -0.4 is 4.90 Å². The molecule has 4 saturated carbocycles. The van der Waals surface area contributed by atoms with Gasteiger partial charge in [0.05, 0.1) is 12.4 Å². The maximum absolute atomic E-state index is 6.25. The third-order valence-electron chi connectivity index (χ3n) is 11.8. The minimum absolute atomic E-state index is 0.765. The van der Waals surface area contributed by atoms with E-state index in [2.05, 4.69) is 75.5 Å². The molecule has 0 amide bonds. The SMILES string of the molecule is c1cc2c(cn1)oc1cc(N(c3ccc(C4C5CC6CC7CC4C675)cc3)c3ccc4c(c3)oc3cnccc34)ccc12. The van der Waals surface area contributed by atoms with Gasteiger partial charge in [0.1, 0.15) is 11.2 Å². The van der Waals surface area contributed by atoms with Gasteiger partial charge in [-0.3, -0.25) is 9.97 Å². The molecule has 42 heavy (non-hydrogen) atoms. The fourth-order valence-electron chi connectivity index (χ4n) is 10.1. The smallest absolute Gasteiger partial charge is 0.153 e. The molecule has 4 aliphatic rings. The first-order chi connectivity index (χ1) is 20.8. The molecule has 0 aliphatic heterocycles. The molecule has 0 saturated heterocycles. The van der Waals surface area contributed by atoms with E-state index < -0.39 is 0 Å². The number of aromatic nitrogens is 2. The number of nitrogens with zero attached hydrogens (tertiary/aromatic N) is 3. The number of benzene rings is 3. The summed E-state index contributed by atoms with van der Waals surface area (Å²) in [6.07, 6.45) is 11.7. The maximum atomic E-state index is 6.25. The summed E-state index contributed by atoms with van der Waals surface area (Å²) in [5.41, 5.74) is 8.84. The molecule has 4 atom stereocenters. The summed E-state index contributed by atoms with van der Waals surface area (Å²) in [6.45, 7) is 0. The van der Waals surface area contributed by atoms with Crippen molar-refractivity contribution in [3.63, 3.8) is 0 Å². The van der Waals surface area contributed by atoms with Crippen molar-refractivity contribution >= 4 is 60.9 Å². The molecule has 3 aromatic carbocycles. The Morgan fingerprint density at radius 3 is 1.64 bits per heavy atom. The van der Waals surface area contributed by atoms with Gasteiger partial charge < -0.3 is 13.7 Å². The Morgan fingerprint density at radius 1 is 0.571 bits per heavy atom. The molecule has 5 heteroatoms. The fraction of sp³-hybridized carbons (Fsp3) is 0.243. The minimum Gasteiger partial charge on any atom is -0.454 e. The highest BCUT2D eigenvalue weighted by Gasteiger charge is 2.84. The van der Waals surface area contributed by atoms with Crippen LogP contribution in [0.15, 0.2) is 106 Å². The summed E-state index contributed by atoms with van der Waals surface area (Å²) in [4.78, 5) is 10.8. The van der Waals surface area contributed by atoms with E-state index in [9.17, 15) is 0 Å². The number of pyridine rings is 2. The van der Waals surface area contributed by atoms with Crippen LogP contribution in [-0.2, 0) is 0 Å². The molecule has 0 bridgehead atoms. The number of anilines is 3. The van der Waals surface area contributed by atoms with Crippen LogP contribution in [0.2, 0.25) is 0 Å². The maximum Gasteiger partial charge on any atom is 0.153 e. The zero-order chi connectivity index (χ0) is 27.2. The summed E-state index contributed by atoms with van der Waals surface area (Å²) in [7, 11) is 0. The first-order valence-corrected chi connectivity index (χ1v) is 15.2. The van der Waals surface area contributed by atoms with E-state index in [1.54, 1.807) is 12.4 Å². The Morgan fingerprint density at radius 2 is 1.10 bits per heavy atom. The average molecular weight is 546 g/mol. The largest absolute Gasteiger partial charge is 0.454 e. The van der Waals surface area contributed by atoms with Gasteiger partial charge in [-0.05, 0) is 108 Å². The van der Waals surface area contributed by atoms with Crippen LogP contribution >= 0.6 is 0 Å². The van der Waals surface area contributed by atoms with Crippen molar-refractivity contribution in [2.45, 2.75) is 25.2 Å². The Labute approximate surface area is 241 Å². The van der Waals surface area contributed by atoms with Gasteiger partial charge in [-0.1, -0.05) is 12.1 Å². The summed E-state index contributed by atoms with van der Waals surface area (Å²) < 4.78 is 12.5. The lowest BCUT2D eigenvalue weighted by atomic mass is 9.15. The molecule has 1 spiro atoms. The van der Waals surface area contributed by atoms with E-state index in [1.807, 2.05) is 24.5 Å². The van der Waals surface area contributed by atoms with Crippen LogP contribution in [0.4, 0.5) is 17.1 Å². The van der Waals surface area contributed by atoms with Crippen LogP contribution in [0.1, 0.15) is 30.7 Å². The van der Waals surface area contributed by atoms with Gasteiger partial charge in [0.2, 0.25) is 0 Å². The number of rotatable bonds is 4. The van der Waals surface area contributed by atoms with Gasteiger partial charge >= 0.3 is 0 Å². The van der Waals surface area contributed by atoms with E-state index in [-0.39, 0.29) is 0 Å². The monoisotopic (exact) mass is 545 g/mol. The molecule has 4 aromatic heterocycles. The van der Waals surface area contributed by atoms with E-state index >= 15 is 0 Å². The second-order valence-electron chi connectivity index (χ2n) is 13.1. The molecule has 4 unspecified atom stereocenters. The van der Waals surface area contributed by atoms with Gasteiger partial charge in [-0.25, -0.2) is 0 Å². The molecule has 5 nitrogen and oxygen atoms in total. The molecule has 11 rings (SSSR count). The molecular formula is C37H27N3O2. The van der Waals surface area contributed by atoms with Crippen LogP contribution in [0, 0.1) is 29.1 Å². The molecule has 202 valence electrons. The van der Waals surface area contributed by atoms with E-state index in [4.69, 9.17) is 8.83 Å². The lowest BCUT2D eigenvalue weighted by Gasteiger charge is -2.89. The van der Waals surface area contributed by atoms with Gasteiger partial charge in [-0.15, -0.1) is 0 Å². The zero-order valence-corrected chi connectivity index (χ0v) is 22.9. The second kappa shape index (κ2) is 7.40. The van der Waals surface area contributed by atoms with Crippen molar-refractivity contribution in [2.24, 2.45) is 29.1 Å². The topological polar surface area (TPSA) is 55.3 Å². The summed E-state index contributed by atoms with van der Waals surface area (Å²) >= 11 is 0. The summed E-state index contributed by atoms with van der Waals surface area (Å²) in [6, 6.07) is 26.4. The third-order valence-corrected chi connectivity index (χ3v) is 11.8. The van der Waals surface area contributed by atoms with Gasteiger partial charge in [0.25, 0.3) is 0 Å². The summed E-state index contributed by atoms with van der Waals surface area (Å²) in [5, 5.41) is 4.36. The van der Waals surface area contributed by atoms with Crippen molar-refractivity contribution in [1.82, 2.24) is 9.97 Å².